The minimum atomic E-state index is -2.62. The summed E-state index contributed by atoms with van der Waals surface area (Å²) in [7, 11) is 15.6. The minimum absolute atomic E-state index is 0.0486. The smallest absolute Gasteiger partial charge is 0.374 e. The molecule has 2 unspecified atom stereocenters. The van der Waals surface area contributed by atoms with Crippen LogP contribution >= 0.6 is 124 Å². The zero-order valence-corrected chi connectivity index (χ0v) is 52.1. The maximum atomic E-state index is 6.11. The van der Waals surface area contributed by atoms with E-state index in [1.54, 1.807) is 0 Å². The first kappa shape index (κ1) is 65.5. The van der Waals surface area contributed by atoms with Crippen molar-refractivity contribution in [1.82, 2.24) is 0 Å². The molecule has 9 nitrogen and oxygen atoms in total. The van der Waals surface area contributed by atoms with Crippen LogP contribution in [0.1, 0.15) is 128 Å². The van der Waals surface area contributed by atoms with E-state index in [9.17, 15) is 0 Å². The van der Waals surface area contributed by atoms with E-state index in [4.69, 9.17) is 39.8 Å². The van der Waals surface area contributed by atoms with E-state index in [2.05, 4.69) is 53.2 Å². The van der Waals surface area contributed by atoms with Crippen LogP contribution in [-0.2, 0) is 39.8 Å². The summed E-state index contributed by atoms with van der Waals surface area (Å²) in [5, 5.41) is 0. The van der Waals surface area contributed by atoms with Gasteiger partial charge in [-0.3, -0.25) is 0 Å². The van der Waals surface area contributed by atoms with Crippen molar-refractivity contribution in [2.45, 2.75) is 150 Å². The van der Waals surface area contributed by atoms with Gasteiger partial charge in [0.1, 0.15) is 3.41 Å². The van der Waals surface area contributed by atoms with Crippen LogP contribution in [0, 0.1) is 11.8 Å². The van der Waals surface area contributed by atoms with Gasteiger partial charge in [0.15, 0.2) is 0 Å². The van der Waals surface area contributed by atoms with E-state index < -0.39 is 26.4 Å². The van der Waals surface area contributed by atoms with E-state index in [1.165, 1.54) is 25.7 Å². The van der Waals surface area contributed by atoms with Crippen LogP contribution in [0.15, 0.2) is 0 Å². The molecular formula is C37H82O9S12Si3. The molecule has 0 fully saturated rings. The molecule has 2 atom stereocenters. The predicted molar refractivity (Wildman–Crippen MR) is 301 cm³/mol. The molecule has 0 saturated carbocycles. The molecule has 0 N–H and O–H groups in total. The molecule has 368 valence electrons. The third-order valence-electron chi connectivity index (χ3n) is 8.72. The Labute approximate surface area is 423 Å². The van der Waals surface area contributed by atoms with Crippen molar-refractivity contribution in [3.8, 4) is 0 Å². The Morgan fingerprint density at radius 3 is 0.902 bits per heavy atom. The highest BCUT2D eigenvalue weighted by Gasteiger charge is 2.43. The molecule has 0 aliphatic heterocycles. The van der Waals surface area contributed by atoms with Gasteiger partial charge in [0.05, 0.1) is 0 Å². The molecule has 0 bridgehead atoms. The molecule has 0 saturated heterocycles. The molecule has 61 heavy (non-hydrogen) atoms. The molecule has 0 aliphatic carbocycles. The van der Waals surface area contributed by atoms with Crippen LogP contribution in [0.3, 0.4) is 0 Å². The second-order valence-electron chi connectivity index (χ2n) is 13.3. The lowest BCUT2D eigenvalue weighted by atomic mass is 9.98. The van der Waals surface area contributed by atoms with Crippen molar-refractivity contribution >= 4 is 150 Å². The molecule has 0 aliphatic rings. The van der Waals surface area contributed by atoms with Crippen LogP contribution < -0.4 is 0 Å². The van der Waals surface area contributed by atoms with Crippen LogP contribution in [0.5, 0.6) is 0 Å². The maximum absolute atomic E-state index is 6.11. The highest BCUT2D eigenvalue weighted by Crippen LogP contribution is 2.70. The third-order valence-corrected chi connectivity index (χ3v) is 41.8. The van der Waals surface area contributed by atoms with Gasteiger partial charge in [-0.1, -0.05) is 105 Å². The average molecular weight is 1140 g/mol. The van der Waals surface area contributed by atoms with Gasteiger partial charge in [-0.2, -0.15) is 0 Å². The van der Waals surface area contributed by atoms with Crippen molar-refractivity contribution in [3.63, 3.8) is 0 Å². The first-order valence-corrected chi connectivity index (χ1v) is 43.0. The first-order chi connectivity index (χ1) is 29.5. The molecule has 24 heteroatoms. The molecular weight excluding hydrogens is 1060 g/mol. The summed E-state index contributed by atoms with van der Waals surface area (Å²) in [4.78, 5) is 0. The summed E-state index contributed by atoms with van der Waals surface area (Å²) in [6.07, 6.45) is 8.02. The standard InChI is InChI=1S/C37H82O9S12Si3/c1-13-35(11)27-23-28-36(12)37(50-56-53-47-29-24-32-59(38-14-2,39-15-3)40-16-4,51-57-54-48-30-25-33-60(41-17-5,42-18-6)43-19-7)52-58-55-49-31-26-34-61(44-20-8,45-21-9)46-22-10/h35-36H,13-34H2,1-12H3. The van der Waals surface area contributed by atoms with Crippen molar-refractivity contribution in [2.24, 2.45) is 11.8 Å². The van der Waals surface area contributed by atoms with Gasteiger partial charge in [0.2, 0.25) is 0 Å². The summed E-state index contributed by atoms with van der Waals surface area (Å²) in [6, 6.07) is 2.56. The average Bonchev–Trinajstić information content (AvgIpc) is 3.23. The molecule has 0 radical (unpaired) electrons. The summed E-state index contributed by atoms with van der Waals surface area (Å²) < 4.78 is 54.9. The lowest BCUT2D eigenvalue weighted by molar-refractivity contribution is 0.0704. The molecule has 0 spiro atoms. The minimum Gasteiger partial charge on any atom is -0.374 e. The van der Waals surface area contributed by atoms with Crippen LogP contribution in [0.2, 0.25) is 18.1 Å². The van der Waals surface area contributed by atoms with E-state index in [1.807, 2.05) is 154 Å². The van der Waals surface area contributed by atoms with Gasteiger partial charge in [0, 0.05) is 94.9 Å². The Morgan fingerprint density at radius 2 is 0.656 bits per heavy atom. The van der Waals surface area contributed by atoms with Gasteiger partial charge in [0.25, 0.3) is 0 Å². The van der Waals surface area contributed by atoms with Gasteiger partial charge in [-0.05, 0) is 159 Å². The molecule has 0 amide bonds. The van der Waals surface area contributed by atoms with E-state index in [0.717, 1.165) is 60.6 Å². The molecule has 0 rings (SSSR count). The molecule has 0 aromatic heterocycles. The SMILES string of the molecule is CCO[Si](CCCSSSSC(SSSSCCC[Si](OCC)(OCC)OCC)(SSSSCCC[Si](OCC)(OCC)OCC)C(C)CCCC(C)CC)(OCC)OCC. The second kappa shape index (κ2) is 43.3. The summed E-state index contributed by atoms with van der Waals surface area (Å²) in [5.41, 5.74) is 0. The number of hydrogen-bond donors (Lipinski definition) is 0. The maximum Gasteiger partial charge on any atom is 0.500 e. The Balaban J connectivity index is 5.79. The Bertz CT molecular complexity index is 840. The van der Waals surface area contributed by atoms with Crippen molar-refractivity contribution in [3.05, 3.63) is 0 Å². The Kier molecular flexibility index (Phi) is 46.5. The van der Waals surface area contributed by atoms with Crippen LogP contribution in [0.4, 0.5) is 0 Å². The Hall–Kier alpha value is 4.49. The quantitative estimate of drug-likeness (QED) is 0.0251. The monoisotopic (exact) mass is 1140 g/mol. The molecule has 0 heterocycles. The fourth-order valence-electron chi connectivity index (χ4n) is 5.83. The van der Waals surface area contributed by atoms with Crippen LogP contribution in [-0.4, -0.2) is 107 Å². The van der Waals surface area contributed by atoms with Crippen molar-refractivity contribution in [1.29, 1.82) is 0 Å². The second-order valence-corrected chi connectivity index (χ2v) is 40.9. The van der Waals surface area contributed by atoms with Gasteiger partial charge < -0.3 is 39.8 Å². The largest absolute Gasteiger partial charge is 0.500 e. The third kappa shape index (κ3) is 30.8. The van der Waals surface area contributed by atoms with Crippen molar-refractivity contribution < 1.29 is 39.8 Å². The fraction of sp³-hybridized carbons (Fsp3) is 1.00. The normalized spacial score (nSPS) is 14.0. The number of rotatable bonds is 48. The highest BCUT2D eigenvalue weighted by molar-refractivity contribution is 9.32. The first-order valence-electron chi connectivity index (χ1n) is 22.2. The zero-order valence-electron chi connectivity index (χ0n) is 39.3. The van der Waals surface area contributed by atoms with E-state index in [0.29, 0.717) is 65.4 Å². The highest BCUT2D eigenvalue weighted by atomic mass is 33.7. The Morgan fingerprint density at radius 1 is 0.377 bits per heavy atom. The van der Waals surface area contributed by atoms with Gasteiger partial charge >= 0.3 is 26.4 Å². The van der Waals surface area contributed by atoms with E-state index >= 15 is 0 Å². The summed E-state index contributed by atoms with van der Waals surface area (Å²) in [6.45, 7) is 31.0. The lowest BCUT2D eigenvalue weighted by Crippen LogP contribution is -2.46. The predicted octanol–water partition coefficient (Wildman–Crippen LogP) is 16.8. The molecule has 0 aromatic rings. The van der Waals surface area contributed by atoms with Crippen LogP contribution in [0.25, 0.3) is 0 Å². The summed E-state index contributed by atoms with van der Waals surface area (Å²) in [5.74, 6) is 4.35. The van der Waals surface area contributed by atoms with E-state index in [-0.39, 0.29) is 3.41 Å². The summed E-state index contributed by atoms with van der Waals surface area (Å²) >= 11 is 0. The van der Waals surface area contributed by atoms with Gasteiger partial charge in [-0.15, -0.1) is 0 Å². The lowest BCUT2D eigenvalue weighted by Gasteiger charge is -2.35. The fourth-order valence-corrected chi connectivity index (χ4v) is 40.8. The van der Waals surface area contributed by atoms with Gasteiger partial charge in [-0.25, -0.2) is 0 Å². The molecule has 0 aromatic carbocycles. The van der Waals surface area contributed by atoms with Crippen molar-refractivity contribution in [2.75, 3.05) is 76.7 Å². The zero-order chi connectivity index (χ0) is 45.6. The number of hydrogen-bond acceptors (Lipinski definition) is 21. The topological polar surface area (TPSA) is 83.1 Å².